The number of aromatic amines is 1. The Morgan fingerprint density at radius 1 is 1.56 bits per heavy atom. The van der Waals surface area contributed by atoms with Crippen molar-refractivity contribution in [3.05, 3.63) is 28.4 Å². The number of nitrogens with one attached hydrogen (secondary N) is 1. The summed E-state index contributed by atoms with van der Waals surface area (Å²) in [4.78, 5) is 17.2. The quantitative estimate of drug-likeness (QED) is 0.706. The van der Waals surface area contributed by atoms with Gasteiger partial charge in [-0.1, -0.05) is 15.9 Å². The van der Waals surface area contributed by atoms with E-state index in [1.165, 1.54) is 12.3 Å². The summed E-state index contributed by atoms with van der Waals surface area (Å²) in [6, 6.07) is 1.47. The first kappa shape index (κ1) is 11.3. The Kier molecular flexibility index (Phi) is 3.08. The number of aromatic nitrogens is 2. The highest BCUT2D eigenvalue weighted by Gasteiger charge is 2.18. The summed E-state index contributed by atoms with van der Waals surface area (Å²) in [5.41, 5.74) is 0.958. The molecule has 86 valence electrons. The molecule has 2 rings (SSSR count). The van der Waals surface area contributed by atoms with Crippen LogP contribution in [-0.2, 0) is 0 Å². The fraction of sp³-hybridized carbons (Fsp3) is 0.333. The Morgan fingerprint density at radius 2 is 2.31 bits per heavy atom. The zero-order valence-corrected chi connectivity index (χ0v) is 9.64. The smallest absolute Gasteiger partial charge is 0.406 e. The van der Waals surface area contributed by atoms with Crippen LogP contribution >= 0.6 is 15.9 Å². The molecule has 0 fully saturated rings. The van der Waals surface area contributed by atoms with Crippen molar-refractivity contribution in [2.75, 3.05) is 5.33 Å². The monoisotopic (exact) mass is 288 g/mol. The van der Waals surface area contributed by atoms with Gasteiger partial charge in [-0.25, -0.2) is 9.78 Å². The van der Waals surface area contributed by atoms with Gasteiger partial charge < -0.3 is 14.6 Å². The van der Waals surface area contributed by atoms with Gasteiger partial charge in [0.1, 0.15) is 6.10 Å². The number of pyridine rings is 1. The molecular formula is C9H9BrN2O4. The van der Waals surface area contributed by atoms with E-state index in [9.17, 15) is 15.0 Å². The van der Waals surface area contributed by atoms with Crippen LogP contribution in [0.5, 0.6) is 0 Å². The molecule has 3 N–H and O–H groups in total. The molecule has 2 aromatic rings. The summed E-state index contributed by atoms with van der Waals surface area (Å²) in [5, 5.41) is 19.4. The maximum absolute atomic E-state index is 10.9. The van der Waals surface area contributed by atoms with E-state index in [4.69, 9.17) is 4.42 Å². The van der Waals surface area contributed by atoms with Gasteiger partial charge in [0, 0.05) is 17.1 Å². The third kappa shape index (κ3) is 2.01. The van der Waals surface area contributed by atoms with E-state index in [0.29, 0.717) is 11.2 Å². The van der Waals surface area contributed by atoms with Crippen molar-refractivity contribution >= 4 is 27.2 Å². The standard InChI is InChI=1S/C9H9BrN2O4/c10-2-5(13)7(14)4-1-6-8(11-3-4)12-9(15)16-6/h1,3,5,7,13-14H,2H2,(H,11,12,15). The zero-order chi connectivity index (χ0) is 11.7. The summed E-state index contributed by atoms with van der Waals surface area (Å²) in [6.45, 7) is 0. The van der Waals surface area contributed by atoms with Crippen LogP contribution in [0.15, 0.2) is 21.5 Å². The summed E-state index contributed by atoms with van der Waals surface area (Å²) in [6.07, 6.45) is -0.633. The SMILES string of the molecule is O=c1[nH]c2ncc(C(O)C(O)CBr)cc2o1. The van der Waals surface area contributed by atoms with E-state index < -0.39 is 18.0 Å². The van der Waals surface area contributed by atoms with Gasteiger partial charge in [-0.15, -0.1) is 0 Å². The topological polar surface area (TPSA) is 99.4 Å². The molecule has 0 bridgehead atoms. The number of alkyl halides is 1. The van der Waals surface area contributed by atoms with Crippen molar-refractivity contribution in [1.29, 1.82) is 0 Å². The maximum Gasteiger partial charge on any atom is 0.418 e. The summed E-state index contributed by atoms with van der Waals surface area (Å²) in [5.74, 6) is -0.602. The van der Waals surface area contributed by atoms with Crippen molar-refractivity contribution in [3.8, 4) is 0 Å². The number of H-pyrrole nitrogens is 1. The zero-order valence-electron chi connectivity index (χ0n) is 8.05. The second kappa shape index (κ2) is 4.36. The van der Waals surface area contributed by atoms with E-state index in [0.717, 1.165) is 0 Å². The predicted octanol–water partition coefficient (Wildman–Crippen LogP) is 0.305. The van der Waals surface area contributed by atoms with E-state index >= 15 is 0 Å². The molecule has 0 saturated carbocycles. The number of nitrogens with zero attached hydrogens (tertiary/aromatic N) is 1. The molecule has 2 heterocycles. The first-order valence-electron chi connectivity index (χ1n) is 4.52. The Bertz CT molecular complexity index is 550. The first-order chi connectivity index (χ1) is 7.61. The Morgan fingerprint density at radius 3 is 3.00 bits per heavy atom. The van der Waals surface area contributed by atoms with Gasteiger partial charge in [0.15, 0.2) is 11.2 Å². The highest BCUT2D eigenvalue weighted by atomic mass is 79.9. The summed E-state index contributed by atoms with van der Waals surface area (Å²) >= 11 is 3.06. The number of aliphatic hydroxyl groups is 2. The minimum Gasteiger partial charge on any atom is -0.406 e. The molecule has 0 aliphatic heterocycles. The van der Waals surface area contributed by atoms with Crippen molar-refractivity contribution < 1.29 is 14.6 Å². The molecule has 0 aliphatic carbocycles. The minimum atomic E-state index is -1.07. The predicted molar refractivity (Wildman–Crippen MR) is 59.4 cm³/mol. The van der Waals surface area contributed by atoms with Gasteiger partial charge in [-0.3, -0.25) is 4.98 Å². The molecule has 2 aromatic heterocycles. The number of halogens is 1. The lowest BCUT2D eigenvalue weighted by Gasteiger charge is -2.14. The Labute approximate surface area is 98.1 Å². The van der Waals surface area contributed by atoms with Crippen LogP contribution < -0.4 is 5.76 Å². The number of hydrogen-bond acceptors (Lipinski definition) is 5. The van der Waals surface area contributed by atoms with E-state index in [1.807, 2.05) is 0 Å². The molecule has 0 aromatic carbocycles. The van der Waals surface area contributed by atoms with Gasteiger partial charge in [0.2, 0.25) is 0 Å². The fourth-order valence-electron chi connectivity index (χ4n) is 1.32. The van der Waals surface area contributed by atoms with Crippen molar-refractivity contribution in [2.24, 2.45) is 0 Å². The fourth-order valence-corrected chi connectivity index (χ4v) is 1.68. The number of aliphatic hydroxyl groups excluding tert-OH is 2. The van der Waals surface area contributed by atoms with Crippen molar-refractivity contribution in [3.63, 3.8) is 0 Å². The van der Waals surface area contributed by atoms with Crippen molar-refractivity contribution in [1.82, 2.24) is 9.97 Å². The Hall–Kier alpha value is -1.18. The third-order valence-corrected chi connectivity index (χ3v) is 2.82. The van der Waals surface area contributed by atoms with E-state index in [1.54, 1.807) is 0 Å². The number of rotatable bonds is 3. The lowest BCUT2D eigenvalue weighted by atomic mass is 10.1. The van der Waals surface area contributed by atoms with Crippen LogP contribution in [0.3, 0.4) is 0 Å². The third-order valence-electron chi connectivity index (χ3n) is 2.16. The lowest BCUT2D eigenvalue weighted by Crippen LogP contribution is -2.19. The second-order valence-electron chi connectivity index (χ2n) is 3.30. The molecule has 2 atom stereocenters. The molecule has 0 radical (unpaired) electrons. The minimum absolute atomic E-state index is 0.239. The first-order valence-corrected chi connectivity index (χ1v) is 5.65. The number of fused-ring (bicyclic) bond motifs is 1. The van der Waals surface area contributed by atoms with Gasteiger partial charge in [-0.2, -0.15) is 0 Å². The number of oxazole rings is 1. The normalized spacial score (nSPS) is 15.2. The van der Waals surface area contributed by atoms with Crippen LogP contribution in [0.25, 0.3) is 11.2 Å². The van der Waals surface area contributed by atoms with Gasteiger partial charge in [0.25, 0.3) is 0 Å². The molecule has 7 heteroatoms. The highest BCUT2D eigenvalue weighted by Crippen LogP contribution is 2.20. The van der Waals surface area contributed by atoms with Crippen LogP contribution in [0.1, 0.15) is 11.7 Å². The van der Waals surface area contributed by atoms with Crippen molar-refractivity contribution in [2.45, 2.75) is 12.2 Å². The molecule has 0 amide bonds. The lowest BCUT2D eigenvalue weighted by molar-refractivity contribution is 0.0341. The maximum atomic E-state index is 10.9. The second-order valence-corrected chi connectivity index (χ2v) is 3.94. The molecule has 0 aliphatic rings. The summed E-state index contributed by atoms with van der Waals surface area (Å²) < 4.78 is 4.79. The highest BCUT2D eigenvalue weighted by molar-refractivity contribution is 9.09. The van der Waals surface area contributed by atoms with Crippen LogP contribution in [0, 0.1) is 0 Å². The van der Waals surface area contributed by atoms with Gasteiger partial charge in [0.05, 0.1) is 6.10 Å². The van der Waals surface area contributed by atoms with Crippen LogP contribution in [0.2, 0.25) is 0 Å². The Balaban J connectivity index is 2.42. The summed E-state index contributed by atoms with van der Waals surface area (Å²) in [7, 11) is 0. The molecule has 6 nitrogen and oxygen atoms in total. The molecular weight excluding hydrogens is 280 g/mol. The van der Waals surface area contributed by atoms with Gasteiger partial charge in [-0.05, 0) is 6.07 Å². The van der Waals surface area contributed by atoms with E-state index in [2.05, 4.69) is 25.9 Å². The van der Waals surface area contributed by atoms with Crippen LogP contribution in [-0.4, -0.2) is 31.6 Å². The van der Waals surface area contributed by atoms with Gasteiger partial charge >= 0.3 is 5.76 Å². The van der Waals surface area contributed by atoms with Crippen LogP contribution in [0.4, 0.5) is 0 Å². The molecule has 0 spiro atoms. The molecule has 0 saturated heterocycles. The molecule has 2 unspecified atom stereocenters. The average molecular weight is 289 g/mol. The average Bonchev–Trinajstić information content (AvgIpc) is 2.65. The largest absolute Gasteiger partial charge is 0.418 e. The molecule has 16 heavy (non-hydrogen) atoms. The van der Waals surface area contributed by atoms with E-state index in [-0.39, 0.29) is 10.9 Å². The number of hydrogen-bond donors (Lipinski definition) is 3.